The van der Waals surface area contributed by atoms with Gasteiger partial charge in [0, 0.05) is 37.9 Å². The lowest BCUT2D eigenvalue weighted by atomic mass is 10.1. The zero-order valence-corrected chi connectivity index (χ0v) is 12.8. The highest BCUT2D eigenvalue weighted by Crippen LogP contribution is 2.12. The van der Waals surface area contributed by atoms with Gasteiger partial charge in [-0.25, -0.2) is 0 Å². The Morgan fingerprint density at radius 2 is 2.05 bits per heavy atom. The van der Waals surface area contributed by atoms with Gasteiger partial charge in [-0.15, -0.1) is 0 Å². The van der Waals surface area contributed by atoms with E-state index >= 15 is 0 Å². The molecular weight excluding hydrogens is 270 g/mol. The fraction of sp³-hybridized carbons (Fsp3) is 0.533. The van der Waals surface area contributed by atoms with Gasteiger partial charge in [-0.3, -0.25) is 14.6 Å². The SMILES string of the molecule is CCN(CC)C(=O)c1cc(NCC(C)CC(=O)O)ccn1. The van der Waals surface area contributed by atoms with E-state index in [2.05, 4.69) is 10.3 Å². The van der Waals surface area contributed by atoms with Crippen molar-refractivity contribution < 1.29 is 14.7 Å². The van der Waals surface area contributed by atoms with Crippen LogP contribution < -0.4 is 5.32 Å². The monoisotopic (exact) mass is 293 g/mol. The number of aliphatic carboxylic acids is 1. The number of rotatable bonds is 8. The molecule has 21 heavy (non-hydrogen) atoms. The van der Waals surface area contributed by atoms with Gasteiger partial charge in [-0.05, 0) is 31.9 Å². The Bertz CT molecular complexity index is 487. The largest absolute Gasteiger partial charge is 0.481 e. The number of carboxylic acids is 1. The molecule has 1 aromatic heterocycles. The van der Waals surface area contributed by atoms with Gasteiger partial charge in [0.25, 0.3) is 5.91 Å². The van der Waals surface area contributed by atoms with Crippen molar-refractivity contribution in [2.45, 2.75) is 27.2 Å². The Balaban J connectivity index is 2.68. The van der Waals surface area contributed by atoms with Crippen LogP contribution in [0.4, 0.5) is 5.69 Å². The molecule has 0 fully saturated rings. The summed E-state index contributed by atoms with van der Waals surface area (Å²) >= 11 is 0. The molecule has 2 N–H and O–H groups in total. The number of pyridine rings is 1. The van der Waals surface area contributed by atoms with Crippen LogP contribution in [0.25, 0.3) is 0 Å². The molecule has 0 aliphatic heterocycles. The van der Waals surface area contributed by atoms with Gasteiger partial charge in [-0.1, -0.05) is 6.92 Å². The van der Waals surface area contributed by atoms with Crippen molar-refractivity contribution in [3.63, 3.8) is 0 Å². The molecule has 0 bridgehead atoms. The van der Waals surface area contributed by atoms with Crippen molar-refractivity contribution in [3.8, 4) is 0 Å². The van der Waals surface area contributed by atoms with Crippen molar-refractivity contribution >= 4 is 17.6 Å². The zero-order valence-electron chi connectivity index (χ0n) is 12.8. The molecule has 0 aliphatic carbocycles. The molecule has 1 heterocycles. The number of anilines is 1. The van der Waals surface area contributed by atoms with Gasteiger partial charge in [-0.2, -0.15) is 0 Å². The van der Waals surface area contributed by atoms with Crippen LogP contribution in [0, 0.1) is 5.92 Å². The molecule has 0 saturated heterocycles. The topological polar surface area (TPSA) is 82.5 Å². The van der Waals surface area contributed by atoms with Crippen molar-refractivity contribution in [1.82, 2.24) is 9.88 Å². The van der Waals surface area contributed by atoms with Gasteiger partial charge in [0.15, 0.2) is 0 Å². The summed E-state index contributed by atoms with van der Waals surface area (Å²) in [6.07, 6.45) is 1.70. The zero-order chi connectivity index (χ0) is 15.8. The summed E-state index contributed by atoms with van der Waals surface area (Å²) in [6, 6.07) is 3.47. The van der Waals surface area contributed by atoms with Crippen LogP contribution in [0.1, 0.15) is 37.7 Å². The molecule has 0 aromatic carbocycles. The average Bonchev–Trinajstić information content (AvgIpc) is 2.46. The number of aromatic nitrogens is 1. The number of nitrogens with zero attached hydrogens (tertiary/aromatic N) is 2. The van der Waals surface area contributed by atoms with E-state index in [0.29, 0.717) is 25.3 Å². The van der Waals surface area contributed by atoms with Crippen molar-refractivity contribution in [1.29, 1.82) is 0 Å². The second kappa shape index (κ2) is 8.24. The van der Waals surface area contributed by atoms with E-state index in [1.54, 1.807) is 23.2 Å². The minimum Gasteiger partial charge on any atom is -0.481 e. The Morgan fingerprint density at radius 1 is 1.38 bits per heavy atom. The number of hydrogen-bond acceptors (Lipinski definition) is 4. The Kier molecular flexibility index (Phi) is 6.65. The van der Waals surface area contributed by atoms with Crippen LogP contribution in [0.5, 0.6) is 0 Å². The molecule has 1 aromatic rings. The summed E-state index contributed by atoms with van der Waals surface area (Å²) in [4.78, 5) is 28.6. The van der Waals surface area contributed by atoms with E-state index < -0.39 is 5.97 Å². The van der Waals surface area contributed by atoms with Gasteiger partial charge in [0.1, 0.15) is 5.69 Å². The first-order chi connectivity index (χ1) is 9.97. The predicted octanol–water partition coefficient (Wildman–Crippen LogP) is 2.09. The van der Waals surface area contributed by atoms with E-state index in [1.165, 1.54) is 0 Å². The third kappa shape index (κ3) is 5.41. The first-order valence-electron chi connectivity index (χ1n) is 7.18. The molecule has 0 radical (unpaired) electrons. The van der Waals surface area contributed by atoms with Crippen LogP contribution in [-0.2, 0) is 4.79 Å². The van der Waals surface area contributed by atoms with Crippen LogP contribution in [0.15, 0.2) is 18.3 Å². The molecule has 0 saturated carbocycles. The van der Waals surface area contributed by atoms with Crippen LogP contribution in [0.3, 0.4) is 0 Å². The second-order valence-corrected chi connectivity index (χ2v) is 4.99. The summed E-state index contributed by atoms with van der Waals surface area (Å²) in [5, 5.41) is 11.9. The molecule has 116 valence electrons. The van der Waals surface area contributed by atoms with E-state index in [0.717, 1.165) is 5.69 Å². The summed E-state index contributed by atoms with van der Waals surface area (Å²) in [6.45, 7) is 7.54. The average molecular weight is 293 g/mol. The van der Waals surface area contributed by atoms with Gasteiger partial charge >= 0.3 is 5.97 Å². The number of carboxylic acid groups (broad SMARTS) is 1. The summed E-state index contributed by atoms with van der Waals surface area (Å²) in [7, 11) is 0. The van der Waals surface area contributed by atoms with E-state index in [4.69, 9.17) is 5.11 Å². The molecule has 0 spiro atoms. The maximum Gasteiger partial charge on any atom is 0.303 e. The first kappa shape index (κ1) is 16.9. The lowest BCUT2D eigenvalue weighted by molar-refractivity contribution is -0.137. The number of amides is 1. The number of hydrogen-bond donors (Lipinski definition) is 2. The molecule has 6 nitrogen and oxygen atoms in total. The van der Waals surface area contributed by atoms with Crippen molar-refractivity contribution in [2.24, 2.45) is 5.92 Å². The summed E-state index contributed by atoms with van der Waals surface area (Å²) < 4.78 is 0. The molecule has 6 heteroatoms. The molecular formula is C15H23N3O3. The van der Waals surface area contributed by atoms with Gasteiger partial charge in [0.05, 0.1) is 0 Å². The maximum absolute atomic E-state index is 12.2. The highest BCUT2D eigenvalue weighted by atomic mass is 16.4. The van der Waals surface area contributed by atoms with Crippen LogP contribution >= 0.6 is 0 Å². The number of carbonyl (C=O) groups excluding carboxylic acids is 1. The highest BCUT2D eigenvalue weighted by Gasteiger charge is 2.14. The molecule has 1 atom stereocenters. The minimum atomic E-state index is -0.809. The third-order valence-electron chi connectivity index (χ3n) is 3.21. The molecule has 0 aliphatic rings. The Labute approximate surface area is 125 Å². The maximum atomic E-state index is 12.2. The van der Waals surface area contributed by atoms with Crippen LogP contribution in [-0.4, -0.2) is 46.5 Å². The lowest BCUT2D eigenvalue weighted by Crippen LogP contribution is -2.31. The minimum absolute atomic E-state index is 0.0117. The van der Waals surface area contributed by atoms with Gasteiger partial charge in [0.2, 0.25) is 0 Å². The summed E-state index contributed by atoms with van der Waals surface area (Å²) in [5.41, 5.74) is 1.17. The Morgan fingerprint density at radius 3 is 2.62 bits per heavy atom. The molecule has 1 unspecified atom stereocenters. The lowest BCUT2D eigenvalue weighted by Gasteiger charge is -2.18. The fourth-order valence-electron chi connectivity index (χ4n) is 1.99. The molecule has 1 rings (SSSR count). The second-order valence-electron chi connectivity index (χ2n) is 4.99. The third-order valence-corrected chi connectivity index (χ3v) is 3.21. The fourth-order valence-corrected chi connectivity index (χ4v) is 1.99. The van der Waals surface area contributed by atoms with Crippen molar-refractivity contribution in [3.05, 3.63) is 24.0 Å². The quantitative estimate of drug-likeness (QED) is 0.767. The number of carbonyl (C=O) groups is 2. The van der Waals surface area contributed by atoms with Gasteiger partial charge < -0.3 is 15.3 Å². The highest BCUT2D eigenvalue weighted by molar-refractivity contribution is 5.93. The van der Waals surface area contributed by atoms with E-state index in [1.807, 2.05) is 20.8 Å². The van der Waals surface area contributed by atoms with Crippen molar-refractivity contribution in [2.75, 3.05) is 25.0 Å². The summed E-state index contributed by atoms with van der Waals surface area (Å²) in [5.74, 6) is -0.892. The number of nitrogens with one attached hydrogen (secondary N) is 1. The predicted molar refractivity (Wildman–Crippen MR) is 81.4 cm³/mol. The molecule has 1 amide bonds. The first-order valence-corrected chi connectivity index (χ1v) is 7.18. The normalized spacial score (nSPS) is 11.8. The Hall–Kier alpha value is -2.11. The smallest absolute Gasteiger partial charge is 0.303 e. The van der Waals surface area contributed by atoms with E-state index in [-0.39, 0.29) is 18.2 Å². The van der Waals surface area contributed by atoms with Crippen LogP contribution in [0.2, 0.25) is 0 Å². The standard InChI is InChI=1S/C15H23N3O3/c1-4-18(5-2)15(21)13-9-12(6-7-16-13)17-10-11(3)8-14(19)20/h6-7,9,11H,4-5,8,10H2,1-3H3,(H,16,17)(H,19,20). The van der Waals surface area contributed by atoms with E-state index in [9.17, 15) is 9.59 Å².